The number of aliphatic hydroxyl groups is 1. The molecule has 4 nitrogen and oxygen atoms in total. The quantitative estimate of drug-likeness (QED) is 0.728. The Labute approximate surface area is 84.5 Å². The molecule has 1 aliphatic rings. The summed E-state index contributed by atoms with van der Waals surface area (Å²) in [7, 11) is 0. The number of hydrogen-bond acceptors (Lipinski definition) is 2. The monoisotopic (exact) mass is 201 g/mol. The van der Waals surface area contributed by atoms with E-state index in [2.05, 4.69) is 0 Å². The zero-order valence-electron chi connectivity index (χ0n) is 8.65. The zero-order valence-corrected chi connectivity index (χ0v) is 8.65. The van der Waals surface area contributed by atoms with Crippen LogP contribution in [0, 0.1) is 5.92 Å². The van der Waals surface area contributed by atoms with E-state index in [1.807, 2.05) is 0 Å². The van der Waals surface area contributed by atoms with Gasteiger partial charge in [0, 0.05) is 13.1 Å². The summed E-state index contributed by atoms with van der Waals surface area (Å²) < 4.78 is 0. The minimum Gasteiger partial charge on any atom is -0.465 e. The van der Waals surface area contributed by atoms with Crippen LogP contribution in [-0.2, 0) is 0 Å². The van der Waals surface area contributed by atoms with Crippen LogP contribution in [-0.4, -0.2) is 40.4 Å². The molecule has 14 heavy (non-hydrogen) atoms. The maximum atomic E-state index is 10.6. The van der Waals surface area contributed by atoms with E-state index < -0.39 is 6.09 Å². The molecule has 0 aromatic rings. The van der Waals surface area contributed by atoms with Gasteiger partial charge in [-0.1, -0.05) is 0 Å². The number of rotatable bonds is 3. The first kappa shape index (κ1) is 11.3. The van der Waals surface area contributed by atoms with Crippen LogP contribution >= 0.6 is 0 Å². The zero-order chi connectivity index (χ0) is 10.6. The van der Waals surface area contributed by atoms with Gasteiger partial charge in [0.1, 0.15) is 0 Å². The number of carboxylic acid groups (broad SMARTS) is 1. The molecule has 0 bridgehead atoms. The highest BCUT2D eigenvalue weighted by Gasteiger charge is 2.21. The van der Waals surface area contributed by atoms with E-state index in [1.165, 1.54) is 4.90 Å². The van der Waals surface area contributed by atoms with Crippen molar-refractivity contribution < 1.29 is 15.0 Å². The third-order valence-corrected chi connectivity index (χ3v) is 2.88. The van der Waals surface area contributed by atoms with Crippen molar-refractivity contribution in [3.8, 4) is 0 Å². The first-order chi connectivity index (χ1) is 6.59. The summed E-state index contributed by atoms with van der Waals surface area (Å²) in [5.41, 5.74) is 0. The van der Waals surface area contributed by atoms with Crippen LogP contribution in [0.5, 0.6) is 0 Å². The highest BCUT2D eigenvalue weighted by atomic mass is 16.4. The van der Waals surface area contributed by atoms with Crippen molar-refractivity contribution in [3.05, 3.63) is 0 Å². The first-order valence-electron chi connectivity index (χ1n) is 5.25. The maximum Gasteiger partial charge on any atom is 0.407 e. The Hall–Kier alpha value is -0.770. The van der Waals surface area contributed by atoms with Gasteiger partial charge in [-0.15, -0.1) is 0 Å². The average Bonchev–Trinajstić information content (AvgIpc) is 2.15. The van der Waals surface area contributed by atoms with Gasteiger partial charge in [-0.2, -0.15) is 0 Å². The summed E-state index contributed by atoms with van der Waals surface area (Å²) in [4.78, 5) is 12.1. The molecule has 0 aromatic heterocycles. The number of hydrogen-bond donors (Lipinski definition) is 2. The van der Waals surface area contributed by atoms with Crippen LogP contribution in [0.3, 0.4) is 0 Å². The molecule has 1 saturated heterocycles. The van der Waals surface area contributed by atoms with Crippen LogP contribution < -0.4 is 0 Å². The number of carbonyl (C=O) groups is 1. The van der Waals surface area contributed by atoms with Gasteiger partial charge in [0.25, 0.3) is 0 Å². The Kier molecular flexibility index (Phi) is 4.20. The lowest BCUT2D eigenvalue weighted by atomic mass is 9.91. The number of aliphatic hydroxyl groups excluding tert-OH is 1. The van der Waals surface area contributed by atoms with Gasteiger partial charge in [0.15, 0.2) is 0 Å². The van der Waals surface area contributed by atoms with Crippen LogP contribution in [0.25, 0.3) is 0 Å². The van der Waals surface area contributed by atoms with Crippen LogP contribution in [0.1, 0.15) is 32.6 Å². The summed E-state index contributed by atoms with van der Waals surface area (Å²) in [6, 6.07) is 0. The fourth-order valence-corrected chi connectivity index (χ4v) is 1.89. The fourth-order valence-electron chi connectivity index (χ4n) is 1.89. The van der Waals surface area contributed by atoms with Crippen molar-refractivity contribution in [2.45, 2.75) is 38.7 Å². The van der Waals surface area contributed by atoms with Crippen LogP contribution in [0.2, 0.25) is 0 Å². The minimum absolute atomic E-state index is 0.229. The van der Waals surface area contributed by atoms with E-state index in [4.69, 9.17) is 10.2 Å². The Bertz CT molecular complexity index is 186. The second-order valence-corrected chi connectivity index (χ2v) is 4.14. The van der Waals surface area contributed by atoms with Crippen LogP contribution in [0.15, 0.2) is 0 Å². The van der Waals surface area contributed by atoms with Crippen molar-refractivity contribution >= 4 is 6.09 Å². The Balaban J connectivity index is 2.19. The molecule has 0 spiro atoms. The fraction of sp³-hybridized carbons (Fsp3) is 0.900. The SMILES string of the molecule is C[C@@H](O)CCC1CCN(C(=O)O)CC1. The lowest BCUT2D eigenvalue weighted by Gasteiger charge is -2.30. The first-order valence-corrected chi connectivity index (χ1v) is 5.25. The van der Waals surface area contributed by atoms with Crippen molar-refractivity contribution in [1.29, 1.82) is 0 Å². The minimum atomic E-state index is -0.807. The van der Waals surface area contributed by atoms with Crippen molar-refractivity contribution in [3.63, 3.8) is 0 Å². The molecule has 0 unspecified atom stereocenters. The highest BCUT2D eigenvalue weighted by molar-refractivity contribution is 5.64. The standard InChI is InChI=1S/C10H19NO3/c1-8(12)2-3-9-4-6-11(7-5-9)10(13)14/h8-9,12H,2-7H2,1H3,(H,13,14)/t8-/m1/s1. The van der Waals surface area contributed by atoms with Crippen molar-refractivity contribution in [2.75, 3.05) is 13.1 Å². The Morgan fingerprint density at radius 1 is 1.50 bits per heavy atom. The van der Waals surface area contributed by atoms with Gasteiger partial charge in [0.05, 0.1) is 6.10 Å². The van der Waals surface area contributed by atoms with E-state index in [0.717, 1.165) is 25.7 Å². The van der Waals surface area contributed by atoms with E-state index in [-0.39, 0.29) is 6.10 Å². The molecular formula is C10H19NO3. The molecule has 1 aliphatic heterocycles. The molecule has 0 aromatic carbocycles. The number of piperidine rings is 1. The molecule has 1 heterocycles. The van der Waals surface area contributed by atoms with Gasteiger partial charge < -0.3 is 15.1 Å². The topological polar surface area (TPSA) is 60.8 Å². The smallest absolute Gasteiger partial charge is 0.407 e. The molecule has 1 amide bonds. The predicted octanol–water partition coefficient (Wildman–Crippen LogP) is 1.54. The lowest BCUT2D eigenvalue weighted by molar-refractivity contribution is 0.116. The molecule has 4 heteroatoms. The van der Waals surface area contributed by atoms with Crippen LogP contribution in [0.4, 0.5) is 4.79 Å². The largest absolute Gasteiger partial charge is 0.465 e. The summed E-state index contributed by atoms with van der Waals surface area (Å²) in [5, 5.41) is 17.8. The average molecular weight is 201 g/mol. The molecule has 82 valence electrons. The Morgan fingerprint density at radius 3 is 2.50 bits per heavy atom. The predicted molar refractivity (Wildman–Crippen MR) is 53.2 cm³/mol. The summed E-state index contributed by atoms with van der Waals surface area (Å²) in [6.07, 6.45) is 2.70. The number of amides is 1. The molecule has 1 atom stereocenters. The maximum absolute atomic E-state index is 10.6. The third kappa shape index (κ3) is 3.54. The van der Waals surface area contributed by atoms with E-state index in [0.29, 0.717) is 19.0 Å². The van der Waals surface area contributed by atoms with E-state index in [1.54, 1.807) is 6.92 Å². The van der Waals surface area contributed by atoms with E-state index >= 15 is 0 Å². The van der Waals surface area contributed by atoms with Crippen molar-refractivity contribution in [2.24, 2.45) is 5.92 Å². The van der Waals surface area contributed by atoms with Gasteiger partial charge in [-0.3, -0.25) is 0 Å². The second-order valence-electron chi connectivity index (χ2n) is 4.14. The molecular weight excluding hydrogens is 182 g/mol. The Morgan fingerprint density at radius 2 is 2.07 bits per heavy atom. The molecule has 0 radical (unpaired) electrons. The lowest BCUT2D eigenvalue weighted by Crippen LogP contribution is -2.37. The number of nitrogens with zero attached hydrogens (tertiary/aromatic N) is 1. The number of likely N-dealkylation sites (tertiary alicyclic amines) is 1. The summed E-state index contributed by atoms with van der Waals surface area (Å²) in [6.45, 7) is 3.10. The second kappa shape index (κ2) is 5.20. The normalized spacial score (nSPS) is 20.9. The van der Waals surface area contributed by atoms with E-state index in [9.17, 15) is 4.79 Å². The molecule has 1 fully saturated rings. The molecule has 1 rings (SSSR count). The molecule has 0 aliphatic carbocycles. The van der Waals surface area contributed by atoms with Gasteiger partial charge >= 0.3 is 6.09 Å². The van der Waals surface area contributed by atoms with Gasteiger partial charge in [-0.25, -0.2) is 4.79 Å². The summed E-state index contributed by atoms with van der Waals surface area (Å²) >= 11 is 0. The van der Waals surface area contributed by atoms with Gasteiger partial charge in [0.2, 0.25) is 0 Å². The molecule has 2 N–H and O–H groups in total. The summed E-state index contributed by atoms with van der Waals surface area (Å²) in [5.74, 6) is 0.597. The van der Waals surface area contributed by atoms with Crippen molar-refractivity contribution in [1.82, 2.24) is 4.90 Å². The highest BCUT2D eigenvalue weighted by Crippen LogP contribution is 2.22. The van der Waals surface area contributed by atoms with Gasteiger partial charge in [-0.05, 0) is 38.5 Å². The third-order valence-electron chi connectivity index (χ3n) is 2.88. The molecule has 0 saturated carbocycles.